The maximum atomic E-state index is 11.0. The van der Waals surface area contributed by atoms with Crippen molar-refractivity contribution in [2.45, 2.75) is 32.2 Å². The van der Waals surface area contributed by atoms with E-state index in [2.05, 4.69) is 26.4 Å². The Morgan fingerprint density at radius 2 is 2.33 bits per heavy atom. The molecule has 1 N–H and O–H groups in total. The normalized spacial score (nSPS) is 22.4. The lowest BCUT2D eigenvalue weighted by Gasteiger charge is -2.12. The molecular weight excluding hydrogens is 288 g/mol. The van der Waals surface area contributed by atoms with Crippen molar-refractivity contribution < 1.29 is 4.79 Å². The Kier molecular flexibility index (Phi) is 2.79. The molecule has 5 nitrogen and oxygen atoms in total. The number of halogens is 1. The Hall–Kier alpha value is -1.88. The number of nitrogens with one attached hydrogen (secondary N) is 1. The highest BCUT2D eigenvalue weighted by Gasteiger charge is 2.25. The van der Waals surface area contributed by atoms with Crippen LogP contribution in [0.15, 0.2) is 12.4 Å². The van der Waals surface area contributed by atoms with Crippen LogP contribution >= 0.6 is 11.6 Å². The molecule has 1 unspecified atom stereocenters. The molecule has 0 amide bonds. The van der Waals surface area contributed by atoms with Crippen molar-refractivity contribution in [3.05, 3.63) is 23.2 Å². The second kappa shape index (κ2) is 4.56. The van der Waals surface area contributed by atoms with Crippen molar-refractivity contribution in [1.29, 1.82) is 0 Å². The summed E-state index contributed by atoms with van der Waals surface area (Å²) in [5.41, 5.74) is 2.86. The Balaban J connectivity index is 1.95. The summed E-state index contributed by atoms with van der Waals surface area (Å²) in [7, 11) is 0. The molecule has 2 atom stereocenters. The third-order valence-corrected chi connectivity index (χ3v) is 4.74. The van der Waals surface area contributed by atoms with Gasteiger partial charge in [0.15, 0.2) is 11.9 Å². The van der Waals surface area contributed by atoms with Crippen molar-refractivity contribution >= 4 is 40.0 Å². The van der Waals surface area contributed by atoms with Crippen LogP contribution in [0.5, 0.6) is 0 Å². The number of carbonyl (C=O) groups is 1. The number of aromatic nitrogens is 4. The predicted octanol–water partition coefficient (Wildman–Crippen LogP) is 3.74. The van der Waals surface area contributed by atoms with E-state index in [1.807, 2.05) is 6.33 Å². The smallest absolute Gasteiger partial charge is 0.166 e. The Bertz CT molecular complexity index is 850. The molecule has 1 aliphatic rings. The number of hydrogen-bond acceptors (Lipinski definition) is 3. The van der Waals surface area contributed by atoms with E-state index in [0.717, 1.165) is 47.1 Å². The summed E-state index contributed by atoms with van der Waals surface area (Å²) < 4.78 is 2.13. The van der Waals surface area contributed by atoms with E-state index in [1.54, 1.807) is 6.07 Å². The van der Waals surface area contributed by atoms with E-state index in [1.165, 1.54) is 6.42 Å². The van der Waals surface area contributed by atoms with Crippen LogP contribution in [0.25, 0.3) is 22.1 Å². The molecule has 3 aromatic rings. The lowest BCUT2D eigenvalue weighted by atomic mass is 10.1. The highest BCUT2D eigenvalue weighted by molar-refractivity contribution is 6.35. The molecule has 0 radical (unpaired) electrons. The molecule has 1 aliphatic carbocycles. The standard InChI is InChI=1S/C15H15ClN4O/c1-8-2-3-10(4-8)20-7-17-13-12-11(5-9(6-21)18-12)14(16)19-15(13)20/h5-8,10,18H,2-4H2,1H3/t8?,10-/m0/s1. The maximum Gasteiger partial charge on any atom is 0.166 e. The van der Waals surface area contributed by atoms with Gasteiger partial charge >= 0.3 is 0 Å². The van der Waals surface area contributed by atoms with Crippen LogP contribution < -0.4 is 0 Å². The second-order valence-corrected chi connectivity index (χ2v) is 6.29. The number of pyridine rings is 1. The van der Waals surface area contributed by atoms with Crippen LogP contribution in [0.4, 0.5) is 0 Å². The van der Waals surface area contributed by atoms with Gasteiger partial charge in [0.1, 0.15) is 10.7 Å². The number of H-pyrrole nitrogens is 1. The third kappa shape index (κ3) is 1.87. The summed E-state index contributed by atoms with van der Waals surface area (Å²) in [6, 6.07) is 2.15. The van der Waals surface area contributed by atoms with Crippen molar-refractivity contribution in [3.8, 4) is 0 Å². The Morgan fingerprint density at radius 3 is 3.05 bits per heavy atom. The molecule has 21 heavy (non-hydrogen) atoms. The van der Waals surface area contributed by atoms with Gasteiger partial charge in [-0.05, 0) is 31.2 Å². The average molecular weight is 303 g/mol. The molecule has 0 spiro atoms. The average Bonchev–Trinajstić information content (AvgIpc) is 3.15. The first kappa shape index (κ1) is 12.8. The molecule has 1 fully saturated rings. The molecule has 0 aromatic carbocycles. The Labute approximate surface area is 126 Å². The minimum atomic E-state index is 0.412. The lowest BCUT2D eigenvalue weighted by molar-refractivity contribution is 0.112. The number of carbonyl (C=O) groups excluding carboxylic acids is 1. The Morgan fingerprint density at radius 1 is 1.48 bits per heavy atom. The monoisotopic (exact) mass is 302 g/mol. The van der Waals surface area contributed by atoms with Gasteiger partial charge in [0.2, 0.25) is 0 Å². The molecule has 4 rings (SSSR count). The largest absolute Gasteiger partial charge is 0.350 e. The number of nitrogens with zero attached hydrogens (tertiary/aromatic N) is 3. The quantitative estimate of drug-likeness (QED) is 0.579. The molecule has 6 heteroatoms. The van der Waals surface area contributed by atoms with Gasteiger partial charge in [0.25, 0.3) is 0 Å². The fourth-order valence-corrected chi connectivity index (χ4v) is 3.61. The van der Waals surface area contributed by atoms with Crippen LogP contribution in [0.1, 0.15) is 42.7 Å². The van der Waals surface area contributed by atoms with Crippen molar-refractivity contribution in [3.63, 3.8) is 0 Å². The van der Waals surface area contributed by atoms with Crippen LogP contribution in [0.2, 0.25) is 5.15 Å². The van der Waals surface area contributed by atoms with Gasteiger partial charge in [-0.15, -0.1) is 0 Å². The van der Waals surface area contributed by atoms with E-state index in [4.69, 9.17) is 11.6 Å². The summed E-state index contributed by atoms with van der Waals surface area (Å²) in [5.74, 6) is 0.735. The number of fused-ring (bicyclic) bond motifs is 3. The number of hydrogen-bond donors (Lipinski definition) is 1. The van der Waals surface area contributed by atoms with Crippen LogP contribution in [0, 0.1) is 5.92 Å². The molecular formula is C15H15ClN4O. The summed E-state index contributed by atoms with van der Waals surface area (Å²) in [4.78, 5) is 23.0. The highest BCUT2D eigenvalue weighted by atomic mass is 35.5. The molecule has 0 bridgehead atoms. The predicted molar refractivity (Wildman–Crippen MR) is 81.8 cm³/mol. The van der Waals surface area contributed by atoms with Crippen LogP contribution in [-0.4, -0.2) is 25.8 Å². The molecule has 108 valence electrons. The van der Waals surface area contributed by atoms with Gasteiger partial charge < -0.3 is 9.55 Å². The summed E-state index contributed by atoms with van der Waals surface area (Å²) in [6.07, 6.45) is 6.15. The first-order valence-electron chi connectivity index (χ1n) is 7.17. The minimum Gasteiger partial charge on any atom is -0.350 e. The molecule has 0 saturated heterocycles. The van der Waals surface area contributed by atoms with Gasteiger partial charge in [0.05, 0.1) is 17.5 Å². The van der Waals surface area contributed by atoms with E-state index >= 15 is 0 Å². The van der Waals surface area contributed by atoms with Gasteiger partial charge in [-0.2, -0.15) is 0 Å². The highest BCUT2D eigenvalue weighted by Crippen LogP contribution is 2.37. The minimum absolute atomic E-state index is 0.412. The maximum absolute atomic E-state index is 11.0. The second-order valence-electron chi connectivity index (χ2n) is 5.93. The number of imidazole rings is 1. The van der Waals surface area contributed by atoms with Gasteiger partial charge in [-0.25, -0.2) is 9.97 Å². The van der Waals surface area contributed by atoms with E-state index in [-0.39, 0.29) is 0 Å². The van der Waals surface area contributed by atoms with Gasteiger partial charge in [-0.3, -0.25) is 4.79 Å². The van der Waals surface area contributed by atoms with E-state index in [0.29, 0.717) is 16.9 Å². The zero-order valence-electron chi connectivity index (χ0n) is 11.6. The third-order valence-electron chi connectivity index (χ3n) is 4.46. The number of rotatable bonds is 2. The zero-order valence-corrected chi connectivity index (χ0v) is 12.4. The number of aromatic amines is 1. The summed E-state index contributed by atoms with van der Waals surface area (Å²) >= 11 is 6.28. The first-order chi connectivity index (χ1) is 10.2. The molecule has 0 aliphatic heterocycles. The van der Waals surface area contributed by atoms with Gasteiger partial charge in [-0.1, -0.05) is 18.5 Å². The van der Waals surface area contributed by atoms with Crippen molar-refractivity contribution in [2.75, 3.05) is 0 Å². The van der Waals surface area contributed by atoms with Crippen LogP contribution in [0.3, 0.4) is 0 Å². The van der Waals surface area contributed by atoms with E-state index < -0.39 is 0 Å². The summed E-state index contributed by atoms with van der Waals surface area (Å²) in [5, 5.41) is 1.16. The number of aldehydes is 1. The van der Waals surface area contributed by atoms with E-state index in [9.17, 15) is 4.79 Å². The van der Waals surface area contributed by atoms with Crippen molar-refractivity contribution in [1.82, 2.24) is 19.5 Å². The molecule has 3 heterocycles. The topological polar surface area (TPSA) is 63.6 Å². The fraction of sp³-hybridized carbons (Fsp3) is 0.400. The molecule has 1 saturated carbocycles. The van der Waals surface area contributed by atoms with Crippen molar-refractivity contribution in [2.24, 2.45) is 5.92 Å². The zero-order chi connectivity index (χ0) is 14.6. The SMILES string of the molecule is CC1CC[C@H](n2cnc3c4[nH]c(C=O)cc4c(Cl)nc32)C1. The van der Waals surface area contributed by atoms with Gasteiger partial charge in [0, 0.05) is 11.4 Å². The first-order valence-corrected chi connectivity index (χ1v) is 7.55. The summed E-state index contributed by atoms with van der Waals surface area (Å²) in [6.45, 7) is 2.28. The lowest BCUT2D eigenvalue weighted by Crippen LogP contribution is -2.04. The molecule has 3 aromatic heterocycles. The van der Waals surface area contributed by atoms with Crippen LogP contribution in [-0.2, 0) is 0 Å². The fourth-order valence-electron chi connectivity index (χ4n) is 3.38.